The van der Waals surface area contributed by atoms with Crippen molar-refractivity contribution in [2.24, 2.45) is 4.99 Å². The lowest BCUT2D eigenvalue weighted by Gasteiger charge is -2.37. The number of rotatable bonds is 7. The molecule has 2 aliphatic heterocycles. The second-order valence-electron chi connectivity index (χ2n) is 7.73. The molecule has 1 aromatic rings. The van der Waals surface area contributed by atoms with E-state index in [1.807, 2.05) is 17.0 Å². The van der Waals surface area contributed by atoms with Crippen LogP contribution in [-0.4, -0.2) is 73.5 Å². The fourth-order valence-corrected chi connectivity index (χ4v) is 4.21. The van der Waals surface area contributed by atoms with Gasteiger partial charge in [-0.25, -0.2) is 4.39 Å². The minimum atomic E-state index is -0.199. The lowest BCUT2D eigenvalue weighted by Crippen LogP contribution is -2.52. The summed E-state index contributed by atoms with van der Waals surface area (Å²) in [4.78, 5) is 23.5. The quantitative estimate of drug-likeness (QED) is 0.562. The molecular formula is C22H34FN5O. The highest BCUT2D eigenvalue weighted by atomic mass is 19.1. The van der Waals surface area contributed by atoms with Gasteiger partial charge in [0.15, 0.2) is 5.96 Å². The predicted octanol–water partition coefficient (Wildman–Crippen LogP) is 2.70. The zero-order valence-corrected chi connectivity index (χ0v) is 17.7. The van der Waals surface area contributed by atoms with Crippen LogP contribution in [0.3, 0.4) is 0 Å². The molecule has 1 amide bonds. The Kier molecular flexibility index (Phi) is 7.72. The summed E-state index contributed by atoms with van der Waals surface area (Å²) in [5.74, 6) is 1.05. The van der Waals surface area contributed by atoms with Gasteiger partial charge in [-0.2, -0.15) is 0 Å². The van der Waals surface area contributed by atoms with E-state index in [9.17, 15) is 9.18 Å². The molecule has 0 aromatic heterocycles. The number of nitrogens with zero attached hydrogens (tertiary/aromatic N) is 4. The number of guanidine groups is 1. The number of amides is 1. The zero-order chi connectivity index (χ0) is 20.6. The van der Waals surface area contributed by atoms with E-state index in [4.69, 9.17) is 4.99 Å². The van der Waals surface area contributed by atoms with Crippen LogP contribution in [0.5, 0.6) is 0 Å². The standard InChI is InChI=1S/C22H34FN5O/c1-3-19(28-13-5-6-21(28)29)11-12-25-22(24-4-2)27-16-14-26(15-17-27)20-9-7-18(23)8-10-20/h7-10,19H,3-6,11-17H2,1-2H3,(H,24,25). The van der Waals surface area contributed by atoms with Gasteiger partial charge in [-0.3, -0.25) is 9.79 Å². The van der Waals surface area contributed by atoms with E-state index in [2.05, 4.69) is 29.0 Å². The molecule has 1 atom stereocenters. The molecule has 7 heteroatoms. The van der Waals surface area contributed by atoms with Gasteiger partial charge in [0.1, 0.15) is 5.82 Å². The highest BCUT2D eigenvalue weighted by Crippen LogP contribution is 2.19. The van der Waals surface area contributed by atoms with Crippen LogP contribution < -0.4 is 10.2 Å². The van der Waals surface area contributed by atoms with E-state index >= 15 is 0 Å². The van der Waals surface area contributed by atoms with Gasteiger partial charge in [-0.15, -0.1) is 0 Å². The molecule has 0 aliphatic carbocycles. The normalized spacial score (nSPS) is 19.1. The van der Waals surface area contributed by atoms with Crippen molar-refractivity contribution in [3.8, 4) is 0 Å². The van der Waals surface area contributed by atoms with Crippen molar-refractivity contribution in [2.45, 2.75) is 45.6 Å². The molecule has 6 nitrogen and oxygen atoms in total. The molecule has 3 rings (SSSR count). The number of aliphatic imine (C=N–C) groups is 1. The van der Waals surface area contributed by atoms with Crippen LogP contribution in [0.15, 0.2) is 29.3 Å². The first-order valence-electron chi connectivity index (χ1n) is 11.0. The molecule has 2 saturated heterocycles. The van der Waals surface area contributed by atoms with Gasteiger partial charge in [-0.1, -0.05) is 6.92 Å². The number of likely N-dealkylation sites (tertiary alicyclic amines) is 1. The molecule has 2 heterocycles. The highest BCUT2D eigenvalue weighted by molar-refractivity contribution is 5.80. The second-order valence-corrected chi connectivity index (χ2v) is 7.73. The Hall–Kier alpha value is -2.31. The summed E-state index contributed by atoms with van der Waals surface area (Å²) >= 11 is 0. The van der Waals surface area contributed by atoms with E-state index in [-0.39, 0.29) is 5.82 Å². The summed E-state index contributed by atoms with van der Waals surface area (Å²) in [5.41, 5.74) is 1.06. The third kappa shape index (κ3) is 5.61. The van der Waals surface area contributed by atoms with Gasteiger partial charge in [-0.05, 0) is 50.5 Å². The van der Waals surface area contributed by atoms with E-state index in [1.54, 1.807) is 0 Å². The number of piperazine rings is 1. The first-order valence-corrected chi connectivity index (χ1v) is 11.0. The van der Waals surface area contributed by atoms with Gasteiger partial charge >= 0.3 is 0 Å². The smallest absolute Gasteiger partial charge is 0.222 e. The van der Waals surface area contributed by atoms with Crippen LogP contribution in [0.25, 0.3) is 0 Å². The minimum absolute atomic E-state index is 0.199. The van der Waals surface area contributed by atoms with Crippen molar-refractivity contribution < 1.29 is 9.18 Å². The van der Waals surface area contributed by atoms with Gasteiger partial charge in [0.25, 0.3) is 0 Å². The molecule has 1 N–H and O–H groups in total. The number of hydrogen-bond acceptors (Lipinski definition) is 3. The van der Waals surface area contributed by atoms with E-state index in [0.29, 0.717) is 18.4 Å². The summed E-state index contributed by atoms with van der Waals surface area (Å²) < 4.78 is 13.2. The number of halogens is 1. The Morgan fingerprint density at radius 2 is 1.86 bits per heavy atom. The predicted molar refractivity (Wildman–Crippen MR) is 116 cm³/mol. The highest BCUT2D eigenvalue weighted by Gasteiger charge is 2.26. The summed E-state index contributed by atoms with van der Waals surface area (Å²) in [5, 5.41) is 3.41. The second kappa shape index (κ2) is 10.5. The van der Waals surface area contributed by atoms with Crippen molar-refractivity contribution in [2.75, 3.05) is 50.7 Å². The Labute approximate surface area is 173 Å². The van der Waals surface area contributed by atoms with Crippen molar-refractivity contribution in [3.63, 3.8) is 0 Å². The summed E-state index contributed by atoms with van der Waals surface area (Å²) in [6.07, 6.45) is 3.57. The maximum atomic E-state index is 13.2. The number of benzene rings is 1. The number of anilines is 1. The Morgan fingerprint density at radius 3 is 2.45 bits per heavy atom. The number of carbonyl (C=O) groups excluding carboxylic acids is 1. The monoisotopic (exact) mass is 403 g/mol. The lowest BCUT2D eigenvalue weighted by atomic mass is 10.1. The Balaban J connectivity index is 1.53. The van der Waals surface area contributed by atoms with Crippen molar-refractivity contribution in [1.82, 2.24) is 15.1 Å². The molecule has 0 saturated carbocycles. The zero-order valence-electron chi connectivity index (χ0n) is 17.7. The van der Waals surface area contributed by atoms with Crippen LogP contribution >= 0.6 is 0 Å². The molecule has 160 valence electrons. The first kappa shape index (κ1) is 21.4. The summed E-state index contributed by atoms with van der Waals surface area (Å²) in [7, 11) is 0. The third-order valence-electron chi connectivity index (χ3n) is 5.85. The average Bonchev–Trinajstić information content (AvgIpc) is 3.17. The van der Waals surface area contributed by atoms with Gasteiger partial charge in [0, 0.05) is 64.0 Å². The van der Waals surface area contributed by atoms with Crippen LogP contribution in [-0.2, 0) is 4.79 Å². The van der Waals surface area contributed by atoms with Gasteiger partial charge in [0.05, 0.1) is 0 Å². The maximum absolute atomic E-state index is 13.2. The van der Waals surface area contributed by atoms with E-state index in [0.717, 1.165) is 76.7 Å². The molecule has 0 bridgehead atoms. The molecule has 2 aliphatic rings. The Bertz CT molecular complexity index is 685. The molecule has 0 radical (unpaired) electrons. The molecule has 29 heavy (non-hydrogen) atoms. The topological polar surface area (TPSA) is 51.2 Å². The Morgan fingerprint density at radius 1 is 1.14 bits per heavy atom. The molecule has 2 fully saturated rings. The third-order valence-corrected chi connectivity index (χ3v) is 5.85. The lowest BCUT2D eigenvalue weighted by molar-refractivity contribution is -0.129. The SMILES string of the molecule is CCNC(=NCCC(CC)N1CCCC1=O)N1CCN(c2ccc(F)cc2)CC1. The van der Waals surface area contributed by atoms with Gasteiger partial charge in [0.2, 0.25) is 5.91 Å². The van der Waals surface area contributed by atoms with Crippen molar-refractivity contribution in [3.05, 3.63) is 30.1 Å². The van der Waals surface area contributed by atoms with Crippen molar-refractivity contribution >= 4 is 17.6 Å². The molecular weight excluding hydrogens is 369 g/mol. The van der Waals surface area contributed by atoms with Crippen LogP contribution in [0.2, 0.25) is 0 Å². The number of carbonyl (C=O) groups is 1. The number of hydrogen-bond donors (Lipinski definition) is 1. The average molecular weight is 404 g/mol. The first-order chi connectivity index (χ1) is 14.1. The molecule has 1 unspecified atom stereocenters. The fraction of sp³-hybridized carbons (Fsp3) is 0.636. The van der Waals surface area contributed by atoms with E-state index < -0.39 is 0 Å². The molecule has 0 spiro atoms. The van der Waals surface area contributed by atoms with Crippen LogP contribution in [0, 0.1) is 5.82 Å². The van der Waals surface area contributed by atoms with E-state index in [1.165, 1.54) is 12.1 Å². The summed E-state index contributed by atoms with van der Waals surface area (Å²) in [6, 6.07) is 7.02. The summed E-state index contributed by atoms with van der Waals surface area (Å²) in [6.45, 7) is 10.2. The van der Waals surface area contributed by atoms with Crippen LogP contribution in [0.4, 0.5) is 10.1 Å². The minimum Gasteiger partial charge on any atom is -0.368 e. The van der Waals surface area contributed by atoms with Crippen LogP contribution in [0.1, 0.15) is 39.5 Å². The van der Waals surface area contributed by atoms with Crippen molar-refractivity contribution in [1.29, 1.82) is 0 Å². The molecule has 1 aromatic carbocycles. The maximum Gasteiger partial charge on any atom is 0.222 e. The van der Waals surface area contributed by atoms with Gasteiger partial charge < -0.3 is 20.0 Å². The fourth-order valence-electron chi connectivity index (χ4n) is 4.21. The number of nitrogens with one attached hydrogen (secondary N) is 1. The largest absolute Gasteiger partial charge is 0.368 e.